The Labute approximate surface area is 172 Å². The number of carboxylic acids is 1. The molecule has 3 atom stereocenters. The summed E-state index contributed by atoms with van der Waals surface area (Å²) in [5, 5.41) is 9.05. The van der Waals surface area contributed by atoms with E-state index in [1.807, 2.05) is 48.5 Å². The molecule has 2 aromatic carbocycles. The fourth-order valence-electron chi connectivity index (χ4n) is 5.25. The van der Waals surface area contributed by atoms with Crippen LogP contribution in [-0.2, 0) is 16.0 Å². The van der Waals surface area contributed by atoms with Gasteiger partial charge >= 0.3 is 5.97 Å². The number of para-hydroxylation sites is 2. The molecule has 0 amide bonds. The molecule has 0 radical (unpaired) electrons. The smallest absolute Gasteiger partial charge is 0.303 e. The van der Waals surface area contributed by atoms with Crippen molar-refractivity contribution >= 4 is 5.97 Å². The summed E-state index contributed by atoms with van der Waals surface area (Å²) in [7, 11) is 0. The van der Waals surface area contributed by atoms with Gasteiger partial charge in [-0.1, -0.05) is 43.3 Å². The molecule has 2 fully saturated rings. The maximum absolute atomic E-state index is 11.0. The SMILES string of the molecule is CCC1(OCCc2ccccc2Oc2ccccc2)CCC2(CCC(=O)O)CC21. The zero-order chi connectivity index (χ0) is 20.3. The molecule has 2 aliphatic rings. The molecule has 2 aromatic rings. The number of benzene rings is 2. The second-order valence-corrected chi connectivity index (χ2v) is 8.55. The van der Waals surface area contributed by atoms with Crippen LogP contribution >= 0.6 is 0 Å². The highest BCUT2D eigenvalue weighted by Crippen LogP contribution is 2.71. The largest absolute Gasteiger partial charge is 0.481 e. The second kappa shape index (κ2) is 8.19. The van der Waals surface area contributed by atoms with Crippen LogP contribution in [-0.4, -0.2) is 23.3 Å². The predicted octanol–water partition coefficient (Wildman–Crippen LogP) is 5.85. The number of hydrogen-bond acceptors (Lipinski definition) is 3. The molecule has 4 heteroatoms. The fourth-order valence-corrected chi connectivity index (χ4v) is 5.25. The first kappa shape index (κ1) is 20.0. The third-order valence-electron chi connectivity index (χ3n) is 7.01. The van der Waals surface area contributed by atoms with E-state index in [0.717, 1.165) is 55.6 Å². The van der Waals surface area contributed by atoms with E-state index in [4.69, 9.17) is 14.6 Å². The van der Waals surface area contributed by atoms with Gasteiger partial charge in [-0.05, 0) is 73.6 Å². The first-order chi connectivity index (χ1) is 14.1. The molecule has 29 heavy (non-hydrogen) atoms. The van der Waals surface area contributed by atoms with E-state index in [0.29, 0.717) is 12.5 Å². The highest BCUT2D eigenvalue weighted by Gasteiger charge is 2.67. The molecule has 154 valence electrons. The van der Waals surface area contributed by atoms with Gasteiger partial charge in [-0.15, -0.1) is 0 Å². The maximum Gasteiger partial charge on any atom is 0.303 e. The molecule has 0 spiro atoms. The maximum atomic E-state index is 11.0. The fraction of sp³-hybridized carbons (Fsp3) is 0.480. The van der Waals surface area contributed by atoms with Crippen molar-refractivity contribution in [2.24, 2.45) is 11.3 Å². The highest BCUT2D eigenvalue weighted by molar-refractivity contribution is 5.66. The molecule has 0 heterocycles. The van der Waals surface area contributed by atoms with Crippen LogP contribution in [0.3, 0.4) is 0 Å². The van der Waals surface area contributed by atoms with Crippen LogP contribution in [0.5, 0.6) is 11.5 Å². The van der Waals surface area contributed by atoms with Crippen molar-refractivity contribution < 1.29 is 19.4 Å². The number of aliphatic carboxylic acids is 1. The van der Waals surface area contributed by atoms with Crippen LogP contribution in [0.4, 0.5) is 0 Å². The average Bonchev–Trinajstić information content (AvgIpc) is 3.39. The Bertz CT molecular complexity index is 849. The summed E-state index contributed by atoms with van der Waals surface area (Å²) >= 11 is 0. The zero-order valence-corrected chi connectivity index (χ0v) is 17.1. The van der Waals surface area contributed by atoms with Crippen molar-refractivity contribution in [1.82, 2.24) is 0 Å². The number of hydrogen-bond donors (Lipinski definition) is 1. The number of fused-ring (bicyclic) bond motifs is 1. The lowest BCUT2D eigenvalue weighted by Gasteiger charge is -2.30. The summed E-state index contributed by atoms with van der Waals surface area (Å²) in [5.41, 5.74) is 1.30. The van der Waals surface area contributed by atoms with Gasteiger partial charge in [0.1, 0.15) is 11.5 Å². The Kier molecular flexibility index (Phi) is 5.64. The molecule has 2 aliphatic carbocycles. The highest BCUT2D eigenvalue weighted by atomic mass is 16.5. The lowest BCUT2D eigenvalue weighted by atomic mass is 9.94. The standard InChI is InChI=1S/C25H30O4/c1-2-25(16-15-24(18-22(24)25)14-12-23(26)27)28-17-13-19-8-6-7-11-21(19)29-20-9-4-3-5-10-20/h3-11,22H,2,12-18H2,1H3,(H,26,27). The topological polar surface area (TPSA) is 55.8 Å². The van der Waals surface area contributed by atoms with Gasteiger partial charge in [-0.3, -0.25) is 4.79 Å². The van der Waals surface area contributed by atoms with E-state index in [9.17, 15) is 4.79 Å². The van der Waals surface area contributed by atoms with Crippen molar-refractivity contribution in [3.05, 3.63) is 60.2 Å². The minimum Gasteiger partial charge on any atom is -0.481 e. The van der Waals surface area contributed by atoms with Gasteiger partial charge < -0.3 is 14.6 Å². The first-order valence-corrected chi connectivity index (χ1v) is 10.7. The average molecular weight is 395 g/mol. The van der Waals surface area contributed by atoms with Crippen LogP contribution in [0.15, 0.2) is 54.6 Å². The molecule has 0 aliphatic heterocycles. The third-order valence-corrected chi connectivity index (χ3v) is 7.01. The van der Waals surface area contributed by atoms with E-state index < -0.39 is 5.97 Å². The Hall–Kier alpha value is -2.33. The summed E-state index contributed by atoms with van der Waals surface area (Å²) in [6, 6.07) is 18.0. The zero-order valence-electron chi connectivity index (χ0n) is 17.1. The lowest BCUT2D eigenvalue weighted by molar-refractivity contribution is -0.137. The summed E-state index contributed by atoms with van der Waals surface area (Å²) in [6.45, 7) is 2.87. The van der Waals surface area contributed by atoms with E-state index in [-0.39, 0.29) is 17.4 Å². The molecule has 4 nitrogen and oxygen atoms in total. The molecule has 0 saturated heterocycles. The van der Waals surface area contributed by atoms with Crippen molar-refractivity contribution in [3.63, 3.8) is 0 Å². The van der Waals surface area contributed by atoms with Gasteiger partial charge in [0.15, 0.2) is 0 Å². The van der Waals surface area contributed by atoms with Gasteiger partial charge in [0.25, 0.3) is 0 Å². The van der Waals surface area contributed by atoms with Gasteiger partial charge in [-0.25, -0.2) is 0 Å². The Morgan fingerprint density at radius 1 is 1.10 bits per heavy atom. The van der Waals surface area contributed by atoms with E-state index in [1.165, 1.54) is 0 Å². The minimum absolute atomic E-state index is 0.0757. The third kappa shape index (κ3) is 4.18. The molecule has 0 bridgehead atoms. The minimum atomic E-state index is -0.685. The van der Waals surface area contributed by atoms with E-state index in [1.54, 1.807) is 0 Å². The summed E-state index contributed by atoms with van der Waals surface area (Å²) in [5.74, 6) is 1.55. The van der Waals surface area contributed by atoms with Gasteiger partial charge in [0.05, 0.1) is 12.2 Å². The van der Waals surface area contributed by atoms with Gasteiger partial charge in [0.2, 0.25) is 0 Å². The van der Waals surface area contributed by atoms with Crippen molar-refractivity contribution in [2.45, 2.75) is 57.5 Å². The van der Waals surface area contributed by atoms with Crippen LogP contribution in [0, 0.1) is 11.3 Å². The van der Waals surface area contributed by atoms with Crippen molar-refractivity contribution in [2.75, 3.05) is 6.61 Å². The van der Waals surface area contributed by atoms with Crippen LogP contribution in [0.2, 0.25) is 0 Å². The molecular weight excluding hydrogens is 364 g/mol. The van der Waals surface area contributed by atoms with Gasteiger partial charge in [-0.2, -0.15) is 0 Å². The van der Waals surface area contributed by atoms with Crippen molar-refractivity contribution in [3.8, 4) is 11.5 Å². The number of carbonyl (C=O) groups is 1. The predicted molar refractivity (Wildman–Crippen MR) is 112 cm³/mol. The Morgan fingerprint density at radius 2 is 1.86 bits per heavy atom. The van der Waals surface area contributed by atoms with Crippen LogP contribution in [0.1, 0.15) is 51.0 Å². The molecule has 3 unspecified atom stereocenters. The monoisotopic (exact) mass is 394 g/mol. The second-order valence-electron chi connectivity index (χ2n) is 8.55. The lowest BCUT2D eigenvalue weighted by Crippen LogP contribution is -2.33. The Balaban J connectivity index is 1.36. The number of rotatable bonds is 10. The summed E-state index contributed by atoms with van der Waals surface area (Å²) in [6.07, 6.45) is 6.16. The molecule has 4 rings (SSSR count). The molecule has 0 aromatic heterocycles. The number of ether oxygens (including phenoxy) is 2. The summed E-state index contributed by atoms with van der Waals surface area (Å²) in [4.78, 5) is 11.0. The molecule has 2 saturated carbocycles. The van der Waals surface area contributed by atoms with Gasteiger partial charge in [0, 0.05) is 6.42 Å². The Morgan fingerprint density at radius 3 is 2.59 bits per heavy atom. The van der Waals surface area contributed by atoms with E-state index in [2.05, 4.69) is 13.0 Å². The molecular formula is C25H30O4. The van der Waals surface area contributed by atoms with E-state index >= 15 is 0 Å². The van der Waals surface area contributed by atoms with Crippen LogP contribution < -0.4 is 4.74 Å². The quantitative estimate of drug-likeness (QED) is 0.549. The first-order valence-electron chi connectivity index (χ1n) is 10.7. The normalized spacial score (nSPS) is 27.4. The number of carboxylic acid groups (broad SMARTS) is 1. The van der Waals surface area contributed by atoms with Crippen molar-refractivity contribution in [1.29, 1.82) is 0 Å². The summed E-state index contributed by atoms with van der Waals surface area (Å²) < 4.78 is 12.6. The molecule has 1 N–H and O–H groups in total. The van der Waals surface area contributed by atoms with Crippen LogP contribution in [0.25, 0.3) is 0 Å².